The molecule has 0 fully saturated rings. The summed E-state index contributed by atoms with van der Waals surface area (Å²) in [6, 6.07) is 7.73. The Kier molecular flexibility index (Phi) is 3.28. The molecule has 1 N–H and O–H groups in total. The molecule has 0 aliphatic rings. The monoisotopic (exact) mass is 287 g/mol. The summed E-state index contributed by atoms with van der Waals surface area (Å²) in [7, 11) is 1.84. The summed E-state index contributed by atoms with van der Waals surface area (Å²) in [5, 5.41) is 9.13. The van der Waals surface area contributed by atoms with Crippen molar-refractivity contribution in [1.29, 1.82) is 0 Å². The average molecular weight is 288 g/mol. The van der Waals surface area contributed by atoms with E-state index >= 15 is 0 Å². The molecule has 0 unspecified atom stereocenters. The van der Waals surface area contributed by atoms with E-state index in [2.05, 4.69) is 20.4 Å². The van der Waals surface area contributed by atoms with E-state index in [9.17, 15) is 0 Å². The van der Waals surface area contributed by atoms with Crippen LogP contribution in [0.1, 0.15) is 11.4 Å². The fourth-order valence-electron chi connectivity index (χ4n) is 2.13. The summed E-state index contributed by atoms with van der Waals surface area (Å²) >= 11 is 5.90. The molecular weight excluding hydrogens is 274 g/mol. The molecule has 2 heterocycles. The predicted octanol–water partition coefficient (Wildman–Crippen LogP) is 2.88. The van der Waals surface area contributed by atoms with Crippen molar-refractivity contribution in [1.82, 2.24) is 19.7 Å². The van der Waals surface area contributed by atoms with E-state index in [-0.39, 0.29) is 0 Å². The minimum absolute atomic E-state index is 0.653. The second kappa shape index (κ2) is 5.09. The lowest BCUT2D eigenvalue weighted by atomic mass is 10.2. The van der Waals surface area contributed by atoms with Gasteiger partial charge in [-0.2, -0.15) is 5.10 Å². The van der Waals surface area contributed by atoms with Crippen molar-refractivity contribution in [3.05, 3.63) is 46.9 Å². The van der Waals surface area contributed by atoms with E-state index in [4.69, 9.17) is 11.6 Å². The summed E-state index contributed by atoms with van der Waals surface area (Å²) < 4.78 is 1.87. The summed E-state index contributed by atoms with van der Waals surface area (Å²) in [6.07, 6.45) is 1.79. The highest BCUT2D eigenvalue weighted by Crippen LogP contribution is 2.20. The van der Waals surface area contributed by atoms with Crippen molar-refractivity contribution in [3.8, 4) is 0 Å². The summed E-state index contributed by atoms with van der Waals surface area (Å²) in [5.74, 6) is 1.52. The van der Waals surface area contributed by atoms with E-state index in [1.807, 2.05) is 42.9 Å². The number of hydrogen-bond donors (Lipinski definition) is 1. The van der Waals surface area contributed by atoms with Gasteiger partial charge in [-0.25, -0.2) is 14.6 Å². The Morgan fingerprint density at radius 1 is 1.20 bits per heavy atom. The maximum atomic E-state index is 5.90. The zero-order valence-corrected chi connectivity index (χ0v) is 12.0. The van der Waals surface area contributed by atoms with Gasteiger partial charge in [-0.15, -0.1) is 0 Å². The Morgan fingerprint density at radius 3 is 2.65 bits per heavy atom. The van der Waals surface area contributed by atoms with Crippen LogP contribution in [0.2, 0.25) is 5.02 Å². The Hall–Kier alpha value is -2.14. The minimum Gasteiger partial charge on any atom is -0.372 e. The number of nitrogens with zero attached hydrogens (tertiary/aromatic N) is 4. The lowest BCUT2D eigenvalue weighted by Crippen LogP contribution is -2.04. The number of nitrogens with one attached hydrogen (secondary N) is 1. The van der Waals surface area contributed by atoms with Gasteiger partial charge < -0.3 is 5.32 Å². The lowest BCUT2D eigenvalue weighted by Gasteiger charge is -2.06. The summed E-state index contributed by atoms with van der Waals surface area (Å²) in [6.45, 7) is 2.53. The predicted molar refractivity (Wildman–Crippen MR) is 80.2 cm³/mol. The van der Waals surface area contributed by atoms with Gasteiger partial charge in [-0.3, -0.25) is 0 Å². The number of fused-ring (bicyclic) bond motifs is 1. The van der Waals surface area contributed by atoms with Crippen molar-refractivity contribution >= 4 is 28.5 Å². The number of hydrogen-bond acceptors (Lipinski definition) is 4. The molecule has 1 aromatic carbocycles. The van der Waals surface area contributed by atoms with E-state index < -0.39 is 0 Å². The molecule has 0 saturated heterocycles. The lowest BCUT2D eigenvalue weighted by molar-refractivity contribution is 0.702. The summed E-state index contributed by atoms with van der Waals surface area (Å²) in [5.41, 5.74) is 1.96. The second-order valence-corrected chi connectivity index (χ2v) is 4.97. The third-order valence-electron chi connectivity index (χ3n) is 3.09. The molecule has 5 nitrogen and oxygen atoms in total. The molecule has 0 saturated carbocycles. The molecule has 3 aromatic rings. The third kappa shape index (κ3) is 2.32. The molecule has 0 atom stereocenters. The van der Waals surface area contributed by atoms with Crippen LogP contribution in [0.4, 0.5) is 5.82 Å². The first kappa shape index (κ1) is 12.9. The van der Waals surface area contributed by atoms with E-state index in [0.717, 1.165) is 33.3 Å². The molecule has 0 amide bonds. The highest BCUT2D eigenvalue weighted by molar-refractivity contribution is 6.30. The van der Waals surface area contributed by atoms with Gasteiger partial charge in [0.05, 0.1) is 18.1 Å². The van der Waals surface area contributed by atoms with Gasteiger partial charge in [0.1, 0.15) is 11.6 Å². The molecular formula is C14H14ClN5. The normalized spacial score (nSPS) is 10.9. The number of aryl methyl sites for hydroxylation is 1. The molecule has 0 radical (unpaired) electrons. The van der Waals surface area contributed by atoms with Crippen molar-refractivity contribution < 1.29 is 0 Å². The van der Waals surface area contributed by atoms with Crippen LogP contribution >= 0.6 is 11.6 Å². The number of rotatable bonds is 3. The van der Waals surface area contributed by atoms with Gasteiger partial charge in [0.25, 0.3) is 0 Å². The Bertz CT molecular complexity index is 748. The fraction of sp³-hybridized carbons (Fsp3) is 0.214. The maximum absolute atomic E-state index is 5.90. The standard InChI is InChI=1S/C14H14ClN5/c1-9-18-13(16-2)12-7-17-20(14(12)19-9)8-10-3-5-11(15)6-4-10/h3-7H,8H2,1-2H3,(H,16,18,19). The zero-order valence-electron chi connectivity index (χ0n) is 11.3. The van der Waals surface area contributed by atoms with Crippen LogP contribution in [-0.2, 0) is 6.54 Å². The van der Waals surface area contributed by atoms with Gasteiger partial charge in [0.2, 0.25) is 0 Å². The Balaban J connectivity index is 2.04. The highest BCUT2D eigenvalue weighted by Gasteiger charge is 2.10. The SMILES string of the molecule is CNc1nc(C)nc2c1cnn2Cc1ccc(Cl)cc1. The fourth-order valence-corrected chi connectivity index (χ4v) is 2.26. The van der Waals surface area contributed by atoms with Crippen LogP contribution in [0.5, 0.6) is 0 Å². The average Bonchev–Trinajstić information content (AvgIpc) is 2.83. The van der Waals surface area contributed by atoms with Crippen molar-refractivity contribution in [3.63, 3.8) is 0 Å². The Labute approximate surface area is 121 Å². The van der Waals surface area contributed by atoms with Crippen LogP contribution < -0.4 is 5.32 Å². The van der Waals surface area contributed by atoms with E-state index in [0.29, 0.717) is 6.54 Å². The quantitative estimate of drug-likeness (QED) is 0.805. The third-order valence-corrected chi connectivity index (χ3v) is 3.34. The Morgan fingerprint density at radius 2 is 1.95 bits per heavy atom. The largest absolute Gasteiger partial charge is 0.372 e. The first-order valence-electron chi connectivity index (χ1n) is 6.30. The molecule has 0 bridgehead atoms. The number of halogens is 1. The molecule has 6 heteroatoms. The zero-order chi connectivity index (χ0) is 14.1. The molecule has 0 aliphatic carbocycles. The molecule has 0 aliphatic heterocycles. The number of benzene rings is 1. The topological polar surface area (TPSA) is 55.6 Å². The van der Waals surface area contributed by atoms with Gasteiger partial charge in [-0.05, 0) is 24.6 Å². The molecule has 20 heavy (non-hydrogen) atoms. The van der Waals surface area contributed by atoms with Crippen molar-refractivity contribution in [2.75, 3.05) is 12.4 Å². The van der Waals surface area contributed by atoms with E-state index in [1.165, 1.54) is 0 Å². The van der Waals surface area contributed by atoms with Gasteiger partial charge in [0.15, 0.2) is 5.65 Å². The van der Waals surface area contributed by atoms with Gasteiger partial charge in [-0.1, -0.05) is 23.7 Å². The smallest absolute Gasteiger partial charge is 0.163 e. The van der Waals surface area contributed by atoms with Gasteiger partial charge in [0, 0.05) is 12.1 Å². The van der Waals surface area contributed by atoms with Crippen LogP contribution in [-0.4, -0.2) is 26.8 Å². The molecule has 2 aromatic heterocycles. The van der Waals surface area contributed by atoms with Crippen LogP contribution in [0.25, 0.3) is 11.0 Å². The van der Waals surface area contributed by atoms with Crippen molar-refractivity contribution in [2.24, 2.45) is 0 Å². The number of aromatic nitrogens is 4. The number of anilines is 1. The second-order valence-electron chi connectivity index (χ2n) is 4.54. The first-order chi connectivity index (χ1) is 9.67. The van der Waals surface area contributed by atoms with Crippen LogP contribution in [0.3, 0.4) is 0 Å². The van der Waals surface area contributed by atoms with E-state index in [1.54, 1.807) is 6.20 Å². The summed E-state index contributed by atoms with van der Waals surface area (Å²) in [4.78, 5) is 8.84. The van der Waals surface area contributed by atoms with Crippen LogP contribution in [0, 0.1) is 6.92 Å². The molecule has 0 spiro atoms. The highest BCUT2D eigenvalue weighted by atomic mass is 35.5. The van der Waals surface area contributed by atoms with Gasteiger partial charge >= 0.3 is 0 Å². The van der Waals surface area contributed by atoms with Crippen LogP contribution in [0.15, 0.2) is 30.5 Å². The van der Waals surface area contributed by atoms with Crippen molar-refractivity contribution in [2.45, 2.75) is 13.5 Å². The molecule has 102 valence electrons. The first-order valence-corrected chi connectivity index (χ1v) is 6.67. The minimum atomic E-state index is 0.653. The maximum Gasteiger partial charge on any atom is 0.163 e. The molecule has 3 rings (SSSR count).